The summed E-state index contributed by atoms with van der Waals surface area (Å²) < 4.78 is 0. The van der Waals surface area contributed by atoms with E-state index in [1.54, 1.807) is 0 Å². The molecule has 0 unspecified atom stereocenters. The minimum Gasteiger partial charge on any atom is -0.392 e. The standard InChI is InChI=1S/C18H20N2O2/c21-13-15-5-3-14(4-6-15)12-19-16-7-9-17(10-8-16)20-11-1-2-18(20)22/h3-10,19,21H,1-2,11-13H2. The maximum atomic E-state index is 11.7. The Balaban J connectivity index is 1.59. The molecule has 2 aromatic carbocycles. The van der Waals surface area contributed by atoms with Gasteiger partial charge < -0.3 is 15.3 Å². The Hall–Kier alpha value is -2.33. The number of amides is 1. The fraction of sp³-hybridized carbons (Fsp3) is 0.278. The largest absolute Gasteiger partial charge is 0.392 e. The second-order valence-electron chi connectivity index (χ2n) is 5.52. The minimum absolute atomic E-state index is 0.0738. The summed E-state index contributed by atoms with van der Waals surface area (Å²) in [6.45, 7) is 1.63. The number of anilines is 2. The predicted molar refractivity (Wildman–Crippen MR) is 87.7 cm³/mol. The molecule has 0 bridgehead atoms. The third-order valence-electron chi connectivity index (χ3n) is 3.95. The molecule has 4 nitrogen and oxygen atoms in total. The van der Waals surface area contributed by atoms with E-state index in [0.717, 1.165) is 42.0 Å². The first-order valence-electron chi connectivity index (χ1n) is 7.59. The second kappa shape index (κ2) is 6.62. The number of hydrogen-bond acceptors (Lipinski definition) is 3. The van der Waals surface area contributed by atoms with Gasteiger partial charge in [-0.2, -0.15) is 0 Å². The molecule has 0 atom stereocenters. The smallest absolute Gasteiger partial charge is 0.227 e. The molecule has 0 aromatic heterocycles. The van der Waals surface area contributed by atoms with Gasteiger partial charge in [0, 0.05) is 30.9 Å². The molecule has 2 N–H and O–H groups in total. The molecule has 2 aromatic rings. The molecule has 0 aliphatic carbocycles. The van der Waals surface area contributed by atoms with E-state index in [0.29, 0.717) is 6.42 Å². The van der Waals surface area contributed by atoms with Gasteiger partial charge in [0.1, 0.15) is 0 Å². The molecular formula is C18H20N2O2. The Labute approximate surface area is 130 Å². The van der Waals surface area contributed by atoms with E-state index in [9.17, 15) is 4.79 Å². The van der Waals surface area contributed by atoms with Gasteiger partial charge in [0.15, 0.2) is 0 Å². The summed E-state index contributed by atoms with van der Waals surface area (Å²) in [5, 5.41) is 12.4. The highest BCUT2D eigenvalue weighted by Crippen LogP contribution is 2.23. The molecule has 1 aliphatic rings. The fourth-order valence-electron chi connectivity index (χ4n) is 2.65. The van der Waals surface area contributed by atoms with E-state index in [2.05, 4.69) is 5.32 Å². The van der Waals surface area contributed by atoms with Crippen molar-refractivity contribution in [2.45, 2.75) is 26.0 Å². The van der Waals surface area contributed by atoms with Crippen LogP contribution in [-0.4, -0.2) is 17.6 Å². The maximum absolute atomic E-state index is 11.7. The number of hydrogen-bond donors (Lipinski definition) is 2. The zero-order chi connectivity index (χ0) is 15.4. The lowest BCUT2D eigenvalue weighted by atomic mass is 10.1. The van der Waals surface area contributed by atoms with Crippen molar-refractivity contribution in [3.8, 4) is 0 Å². The molecule has 1 amide bonds. The number of benzene rings is 2. The van der Waals surface area contributed by atoms with Gasteiger partial charge in [0.25, 0.3) is 0 Å². The number of aliphatic hydroxyl groups excluding tert-OH is 1. The quantitative estimate of drug-likeness (QED) is 0.892. The van der Waals surface area contributed by atoms with Gasteiger partial charge in [-0.05, 0) is 41.8 Å². The van der Waals surface area contributed by atoms with Crippen LogP contribution in [0.1, 0.15) is 24.0 Å². The van der Waals surface area contributed by atoms with Crippen LogP contribution in [0.25, 0.3) is 0 Å². The summed E-state index contributed by atoms with van der Waals surface area (Å²) in [7, 11) is 0. The van der Waals surface area contributed by atoms with Crippen molar-refractivity contribution < 1.29 is 9.90 Å². The normalized spacial score (nSPS) is 14.4. The van der Waals surface area contributed by atoms with Crippen molar-refractivity contribution in [1.82, 2.24) is 0 Å². The monoisotopic (exact) mass is 296 g/mol. The number of rotatable bonds is 5. The molecule has 1 heterocycles. The highest BCUT2D eigenvalue weighted by molar-refractivity contribution is 5.95. The third kappa shape index (κ3) is 3.28. The van der Waals surface area contributed by atoms with Gasteiger partial charge in [0.05, 0.1) is 6.61 Å². The van der Waals surface area contributed by atoms with E-state index < -0.39 is 0 Å². The number of carbonyl (C=O) groups is 1. The van der Waals surface area contributed by atoms with Crippen molar-refractivity contribution in [1.29, 1.82) is 0 Å². The van der Waals surface area contributed by atoms with Gasteiger partial charge >= 0.3 is 0 Å². The average molecular weight is 296 g/mol. The zero-order valence-corrected chi connectivity index (χ0v) is 12.5. The van der Waals surface area contributed by atoms with E-state index in [1.807, 2.05) is 53.4 Å². The van der Waals surface area contributed by atoms with Crippen molar-refractivity contribution in [2.24, 2.45) is 0 Å². The lowest BCUT2D eigenvalue weighted by molar-refractivity contribution is -0.117. The molecule has 0 saturated carbocycles. The first-order chi connectivity index (χ1) is 10.8. The Morgan fingerprint density at radius 1 is 1.00 bits per heavy atom. The summed E-state index contributed by atoms with van der Waals surface area (Å²) in [5.74, 6) is 0.213. The second-order valence-corrected chi connectivity index (χ2v) is 5.52. The number of nitrogens with one attached hydrogen (secondary N) is 1. The van der Waals surface area contributed by atoms with Crippen molar-refractivity contribution in [2.75, 3.05) is 16.8 Å². The lowest BCUT2D eigenvalue weighted by Gasteiger charge is -2.16. The van der Waals surface area contributed by atoms with Gasteiger partial charge in [-0.25, -0.2) is 0 Å². The van der Waals surface area contributed by atoms with Crippen molar-refractivity contribution in [3.63, 3.8) is 0 Å². The van der Waals surface area contributed by atoms with Crippen LogP contribution in [0.3, 0.4) is 0 Å². The average Bonchev–Trinajstić information content (AvgIpc) is 3.00. The van der Waals surface area contributed by atoms with Crippen LogP contribution in [0.2, 0.25) is 0 Å². The maximum Gasteiger partial charge on any atom is 0.227 e. The van der Waals surface area contributed by atoms with Crippen LogP contribution in [0.15, 0.2) is 48.5 Å². The van der Waals surface area contributed by atoms with E-state index >= 15 is 0 Å². The Morgan fingerprint density at radius 2 is 1.68 bits per heavy atom. The van der Waals surface area contributed by atoms with Crippen LogP contribution in [0, 0.1) is 0 Å². The SMILES string of the molecule is O=C1CCCN1c1ccc(NCc2ccc(CO)cc2)cc1. The van der Waals surface area contributed by atoms with Crippen LogP contribution < -0.4 is 10.2 Å². The molecule has 0 spiro atoms. The summed E-state index contributed by atoms with van der Waals surface area (Å²) in [4.78, 5) is 13.6. The Bertz CT molecular complexity index is 635. The first kappa shape index (κ1) is 14.6. The Morgan fingerprint density at radius 3 is 2.27 bits per heavy atom. The van der Waals surface area contributed by atoms with E-state index in [1.165, 1.54) is 0 Å². The van der Waals surface area contributed by atoms with Crippen LogP contribution in [0.4, 0.5) is 11.4 Å². The first-order valence-corrected chi connectivity index (χ1v) is 7.59. The van der Waals surface area contributed by atoms with Crippen LogP contribution >= 0.6 is 0 Å². The molecule has 1 fully saturated rings. The summed E-state index contributed by atoms with van der Waals surface area (Å²) in [6, 6.07) is 15.9. The van der Waals surface area contributed by atoms with Crippen molar-refractivity contribution in [3.05, 3.63) is 59.7 Å². The molecule has 22 heavy (non-hydrogen) atoms. The number of aliphatic hydroxyl groups is 1. The summed E-state index contributed by atoms with van der Waals surface area (Å²) in [6.07, 6.45) is 1.60. The van der Waals surface area contributed by atoms with E-state index in [-0.39, 0.29) is 12.5 Å². The van der Waals surface area contributed by atoms with Gasteiger partial charge in [0.2, 0.25) is 5.91 Å². The third-order valence-corrected chi connectivity index (χ3v) is 3.95. The van der Waals surface area contributed by atoms with Crippen LogP contribution in [-0.2, 0) is 17.9 Å². The lowest BCUT2D eigenvalue weighted by Crippen LogP contribution is -2.23. The molecule has 0 radical (unpaired) electrons. The fourth-order valence-corrected chi connectivity index (χ4v) is 2.65. The predicted octanol–water partition coefficient (Wildman–Crippen LogP) is 2.92. The van der Waals surface area contributed by atoms with Crippen LogP contribution in [0.5, 0.6) is 0 Å². The van der Waals surface area contributed by atoms with E-state index in [4.69, 9.17) is 5.11 Å². The molecule has 4 heteroatoms. The topological polar surface area (TPSA) is 52.6 Å². The van der Waals surface area contributed by atoms with Gasteiger partial charge in [-0.3, -0.25) is 4.79 Å². The molecule has 114 valence electrons. The molecule has 1 aliphatic heterocycles. The summed E-state index contributed by atoms with van der Waals surface area (Å²) in [5.41, 5.74) is 4.08. The minimum atomic E-state index is 0.0738. The number of carbonyl (C=O) groups excluding carboxylic acids is 1. The zero-order valence-electron chi connectivity index (χ0n) is 12.5. The summed E-state index contributed by atoms with van der Waals surface area (Å²) >= 11 is 0. The molecule has 1 saturated heterocycles. The Kier molecular flexibility index (Phi) is 4.39. The van der Waals surface area contributed by atoms with Crippen molar-refractivity contribution >= 4 is 17.3 Å². The number of nitrogens with zero attached hydrogens (tertiary/aromatic N) is 1. The molecule has 3 rings (SSSR count). The highest BCUT2D eigenvalue weighted by atomic mass is 16.3. The highest BCUT2D eigenvalue weighted by Gasteiger charge is 2.21. The van der Waals surface area contributed by atoms with Gasteiger partial charge in [-0.15, -0.1) is 0 Å². The molecular weight excluding hydrogens is 276 g/mol. The van der Waals surface area contributed by atoms with Gasteiger partial charge in [-0.1, -0.05) is 24.3 Å².